The molecule has 0 radical (unpaired) electrons. The highest BCUT2D eigenvalue weighted by Gasteiger charge is 1.99. The molecule has 0 atom stereocenters. The molecule has 1 N–H and O–H groups in total. The van der Waals surface area contributed by atoms with Crippen LogP contribution in [0, 0.1) is 0 Å². The van der Waals surface area contributed by atoms with Gasteiger partial charge in [0.15, 0.2) is 0 Å². The van der Waals surface area contributed by atoms with Crippen molar-refractivity contribution in [2.45, 2.75) is 45.4 Å². The summed E-state index contributed by atoms with van der Waals surface area (Å²) in [5.74, 6) is 0.423. The standard InChI is InChI=1S/C11H22ClNO2/c1-2-3-4-5-6-7-10-15-11(14)13-9-8-12/h2-10H2,1H3,(H,13,14). The van der Waals surface area contributed by atoms with Crippen molar-refractivity contribution in [1.82, 2.24) is 5.32 Å². The van der Waals surface area contributed by atoms with Crippen molar-refractivity contribution < 1.29 is 9.53 Å². The van der Waals surface area contributed by atoms with Crippen LogP contribution in [0.2, 0.25) is 0 Å². The van der Waals surface area contributed by atoms with Gasteiger partial charge in [0.25, 0.3) is 0 Å². The third-order valence-corrected chi connectivity index (χ3v) is 2.28. The second-order valence-corrected chi connectivity index (χ2v) is 3.90. The second-order valence-electron chi connectivity index (χ2n) is 3.52. The van der Waals surface area contributed by atoms with Crippen molar-refractivity contribution in [3.05, 3.63) is 0 Å². The molecule has 0 aliphatic heterocycles. The average molecular weight is 236 g/mol. The maximum atomic E-state index is 10.9. The summed E-state index contributed by atoms with van der Waals surface area (Å²) in [7, 11) is 0. The number of alkyl halides is 1. The Morgan fingerprint density at radius 2 is 1.87 bits per heavy atom. The summed E-state index contributed by atoms with van der Waals surface area (Å²) in [6, 6.07) is 0. The Bertz CT molecular complexity index is 154. The van der Waals surface area contributed by atoms with Crippen LogP contribution in [-0.4, -0.2) is 25.1 Å². The predicted octanol–water partition coefficient (Wildman–Crippen LogP) is 3.31. The number of unbranched alkanes of at least 4 members (excludes halogenated alkanes) is 5. The van der Waals surface area contributed by atoms with Crippen LogP contribution < -0.4 is 5.32 Å². The van der Waals surface area contributed by atoms with Crippen molar-refractivity contribution in [2.75, 3.05) is 19.0 Å². The van der Waals surface area contributed by atoms with Crippen molar-refractivity contribution >= 4 is 17.7 Å². The quantitative estimate of drug-likeness (QED) is 0.492. The minimum atomic E-state index is -0.357. The summed E-state index contributed by atoms with van der Waals surface area (Å²) < 4.78 is 4.94. The van der Waals surface area contributed by atoms with E-state index in [0.29, 0.717) is 19.0 Å². The maximum absolute atomic E-state index is 10.9. The molecule has 0 aromatic rings. The number of carbonyl (C=O) groups excluding carboxylic acids is 1. The van der Waals surface area contributed by atoms with Gasteiger partial charge in [-0.25, -0.2) is 4.79 Å². The zero-order chi connectivity index (χ0) is 11.4. The lowest BCUT2D eigenvalue weighted by Gasteiger charge is -2.05. The highest BCUT2D eigenvalue weighted by molar-refractivity contribution is 6.18. The first kappa shape index (κ1) is 14.6. The molecule has 1 amide bonds. The molecule has 0 rings (SSSR count). The zero-order valence-electron chi connectivity index (χ0n) is 9.56. The molecular weight excluding hydrogens is 214 g/mol. The van der Waals surface area contributed by atoms with Gasteiger partial charge in [-0.05, 0) is 6.42 Å². The lowest BCUT2D eigenvalue weighted by atomic mass is 10.1. The molecule has 3 nitrogen and oxygen atoms in total. The normalized spacial score (nSPS) is 10.0. The molecule has 0 aromatic heterocycles. The lowest BCUT2D eigenvalue weighted by Crippen LogP contribution is -2.26. The Kier molecular flexibility index (Phi) is 11.3. The minimum absolute atomic E-state index is 0.357. The molecule has 0 saturated heterocycles. The number of amides is 1. The van der Waals surface area contributed by atoms with E-state index in [1.165, 1.54) is 25.7 Å². The van der Waals surface area contributed by atoms with Crippen LogP contribution in [-0.2, 0) is 4.74 Å². The Morgan fingerprint density at radius 1 is 1.20 bits per heavy atom. The molecule has 0 aliphatic rings. The number of rotatable bonds is 9. The summed E-state index contributed by atoms with van der Waals surface area (Å²) in [6.07, 6.45) is 6.83. The summed E-state index contributed by atoms with van der Waals surface area (Å²) in [6.45, 7) is 3.18. The number of hydrogen-bond acceptors (Lipinski definition) is 2. The fourth-order valence-corrected chi connectivity index (χ4v) is 1.34. The largest absolute Gasteiger partial charge is 0.450 e. The number of halogens is 1. The molecule has 15 heavy (non-hydrogen) atoms. The summed E-state index contributed by atoms with van der Waals surface area (Å²) in [5.41, 5.74) is 0. The van der Waals surface area contributed by atoms with E-state index >= 15 is 0 Å². The van der Waals surface area contributed by atoms with Gasteiger partial charge in [0.2, 0.25) is 0 Å². The van der Waals surface area contributed by atoms with E-state index in [4.69, 9.17) is 16.3 Å². The molecule has 4 heteroatoms. The highest BCUT2D eigenvalue weighted by Crippen LogP contribution is 2.04. The van der Waals surface area contributed by atoms with Gasteiger partial charge < -0.3 is 10.1 Å². The third-order valence-electron chi connectivity index (χ3n) is 2.09. The van der Waals surface area contributed by atoms with E-state index in [-0.39, 0.29) is 6.09 Å². The van der Waals surface area contributed by atoms with Crippen LogP contribution in [0.1, 0.15) is 45.4 Å². The topological polar surface area (TPSA) is 38.3 Å². The third kappa shape index (κ3) is 11.5. The number of nitrogens with one attached hydrogen (secondary N) is 1. The first-order chi connectivity index (χ1) is 7.31. The van der Waals surface area contributed by atoms with Crippen LogP contribution in [0.3, 0.4) is 0 Å². The van der Waals surface area contributed by atoms with Gasteiger partial charge in [0, 0.05) is 12.4 Å². The van der Waals surface area contributed by atoms with Crippen molar-refractivity contribution in [3.63, 3.8) is 0 Å². The number of ether oxygens (including phenoxy) is 1. The van der Waals surface area contributed by atoms with Crippen molar-refractivity contribution in [1.29, 1.82) is 0 Å². The van der Waals surface area contributed by atoms with Crippen LogP contribution in [0.15, 0.2) is 0 Å². The second kappa shape index (κ2) is 11.6. The van der Waals surface area contributed by atoms with Gasteiger partial charge in [-0.2, -0.15) is 0 Å². The summed E-state index contributed by atoms with van der Waals surface area (Å²) in [4.78, 5) is 10.9. The monoisotopic (exact) mass is 235 g/mol. The molecule has 90 valence electrons. The maximum Gasteiger partial charge on any atom is 0.407 e. The predicted molar refractivity (Wildman–Crippen MR) is 63.4 cm³/mol. The number of hydrogen-bond donors (Lipinski definition) is 1. The highest BCUT2D eigenvalue weighted by atomic mass is 35.5. The van der Waals surface area contributed by atoms with Gasteiger partial charge in [-0.3, -0.25) is 0 Å². The van der Waals surface area contributed by atoms with Crippen LogP contribution in [0.25, 0.3) is 0 Å². The van der Waals surface area contributed by atoms with Gasteiger partial charge in [-0.15, -0.1) is 11.6 Å². The van der Waals surface area contributed by atoms with Gasteiger partial charge in [-0.1, -0.05) is 39.0 Å². The van der Waals surface area contributed by atoms with Gasteiger partial charge in [0.1, 0.15) is 0 Å². The first-order valence-electron chi connectivity index (χ1n) is 5.77. The van der Waals surface area contributed by atoms with Crippen molar-refractivity contribution in [2.24, 2.45) is 0 Å². The van der Waals surface area contributed by atoms with E-state index in [9.17, 15) is 4.79 Å². The number of alkyl carbamates (subject to hydrolysis) is 1. The minimum Gasteiger partial charge on any atom is -0.450 e. The SMILES string of the molecule is CCCCCCCCOC(=O)NCCCl. The van der Waals surface area contributed by atoms with E-state index < -0.39 is 0 Å². The van der Waals surface area contributed by atoms with Crippen LogP contribution in [0.4, 0.5) is 4.79 Å². The zero-order valence-corrected chi connectivity index (χ0v) is 10.3. The molecule has 0 unspecified atom stereocenters. The molecule has 0 bridgehead atoms. The molecular formula is C11H22ClNO2. The average Bonchev–Trinajstić information content (AvgIpc) is 2.25. The molecule has 0 saturated carbocycles. The molecule has 0 aliphatic carbocycles. The molecule has 0 heterocycles. The van der Waals surface area contributed by atoms with Gasteiger partial charge in [0.05, 0.1) is 6.61 Å². The Balaban J connectivity index is 3.06. The summed E-state index contributed by atoms with van der Waals surface area (Å²) in [5, 5.41) is 2.55. The van der Waals surface area contributed by atoms with E-state index in [0.717, 1.165) is 12.8 Å². The Labute approximate surface area is 97.5 Å². The Morgan fingerprint density at radius 3 is 2.53 bits per heavy atom. The van der Waals surface area contributed by atoms with E-state index in [2.05, 4.69) is 12.2 Å². The van der Waals surface area contributed by atoms with E-state index in [1.54, 1.807) is 0 Å². The fourth-order valence-electron chi connectivity index (χ4n) is 1.25. The Hall–Kier alpha value is -0.440. The molecule has 0 fully saturated rings. The smallest absolute Gasteiger partial charge is 0.407 e. The number of carbonyl (C=O) groups is 1. The van der Waals surface area contributed by atoms with Crippen molar-refractivity contribution in [3.8, 4) is 0 Å². The molecule has 0 spiro atoms. The van der Waals surface area contributed by atoms with Crippen LogP contribution >= 0.6 is 11.6 Å². The van der Waals surface area contributed by atoms with Gasteiger partial charge >= 0.3 is 6.09 Å². The first-order valence-corrected chi connectivity index (χ1v) is 6.31. The molecule has 0 aromatic carbocycles. The lowest BCUT2D eigenvalue weighted by molar-refractivity contribution is 0.144. The van der Waals surface area contributed by atoms with Crippen LogP contribution in [0.5, 0.6) is 0 Å². The van der Waals surface area contributed by atoms with E-state index in [1.807, 2.05) is 0 Å². The summed E-state index contributed by atoms with van der Waals surface area (Å²) >= 11 is 5.41. The fraction of sp³-hybridized carbons (Fsp3) is 0.909.